The average molecular weight is 926 g/mol. The molecule has 0 saturated carbocycles. The van der Waals surface area contributed by atoms with Crippen molar-refractivity contribution in [3.63, 3.8) is 0 Å². The second kappa shape index (κ2) is 24.4. The first kappa shape index (κ1) is 50.1. The minimum absolute atomic E-state index is 0.0306. The first-order valence-electron chi connectivity index (χ1n) is 21.5. The van der Waals surface area contributed by atoms with Gasteiger partial charge in [0.15, 0.2) is 17.4 Å². The van der Waals surface area contributed by atoms with E-state index in [1.807, 2.05) is 60.7 Å². The highest BCUT2D eigenvalue weighted by Gasteiger charge is 2.32. The summed E-state index contributed by atoms with van der Waals surface area (Å²) < 4.78 is 22.5. The molecule has 2 aliphatic heterocycles. The van der Waals surface area contributed by atoms with Crippen molar-refractivity contribution >= 4 is 41.5 Å². The number of fused-ring (bicyclic) bond motifs is 1. The van der Waals surface area contributed by atoms with Crippen molar-refractivity contribution in [3.8, 4) is 22.8 Å². The molecule has 0 bridgehead atoms. The van der Waals surface area contributed by atoms with Crippen LogP contribution in [0.25, 0.3) is 17.1 Å². The van der Waals surface area contributed by atoms with Gasteiger partial charge < -0.3 is 46.3 Å². The first-order valence-corrected chi connectivity index (χ1v) is 21.5. The van der Waals surface area contributed by atoms with Crippen LogP contribution in [-0.2, 0) is 46.4 Å². The second-order valence-electron chi connectivity index (χ2n) is 15.7. The van der Waals surface area contributed by atoms with Gasteiger partial charge in [-0.05, 0) is 48.1 Å². The predicted octanol–water partition coefficient (Wildman–Crippen LogP) is 3.33. The molecule has 8 N–H and O–H groups in total. The van der Waals surface area contributed by atoms with Crippen LogP contribution in [0.3, 0.4) is 0 Å². The molecule has 2 aliphatic rings. The number of nitrogens with zero attached hydrogens (tertiary/aromatic N) is 2. The van der Waals surface area contributed by atoms with Gasteiger partial charge in [-0.3, -0.25) is 42.9 Å². The molecular formula is C47H52FN7O12. The quantitative estimate of drug-likeness (QED) is 0.0370. The van der Waals surface area contributed by atoms with E-state index in [0.29, 0.717) is 43.5 Å². The zero-order valence-electron chi connectivity index (χ0n) is 36.6. The van der Waals surface area contributed by atoms with E-state index in [9.17, 15) is 48.6 Å². The normalized spacial score (nSPS) is 12.3. The van der Waals surface area contributed by atoms with Gasteiger partial charge in [-0.15, -0.1) is 0 Å². The number of nitrogens with one attached hydrogen (secondary N) is 5. The van der Waals surface area contributed by atoms with Gasteiger partial charge in [0.05, 0.1) is 30.8 Å². The number of carbonyl (C=O) groups is 7. The lowest BCUT2D eigenvalue weighted by Crippen LogP contribution is -2.57. The Bertz CT molecular complexity index is 2570. The van der Waals surface area contributed by atoms with Gasteiger partial charge in [0.2, 0.25) is 23.6 Å². The summed E-state index contributed by atoms with van der Waals surface area (Å²) in [5, 5.41) is 36.8. The van der Waals surface area contributed by atoms with E-state index >= 15 is 4.39 Å². The topological polar surface area (TPSA) is 288 Å². The summed E-state index contributed by atoms with van der Waals surface area (Å²) >= 11 is 0. The van der Waals surface area contributed by atoms with Gasteiger partial charge in [-0.2, -0.15) is 0 Å². The summed E-state index contributed by atoms with van der Waals surface area (Å²) in [7, 11) is 0. The summed E-state index contributed by atoms with van der Waals surface area (Å²) in [4.78, 5) is 106. The Hall–Kier alpha value is -7.90. The molecule has 2 heterocycles. The van der Waals surface area contributed by atoms with Gasteiger partial charge in [0.1, 0.15) is 23.8 Å². The van der Waals surface area contributed by atoms with E-state index in [-0.39, 0.29) is 43.0 Å². The van der Waals surface area contributed by atoms with Crippen LogP contribution in [0.4, 0.5) is 4.39 Å². The highest BCUT2D eigenvalue weighted by Crippen LogP contribution is 2.25. The number of carbonyl (C=O) groups excluding carboxylic acids is 4. The number of ether oxygens (including phenoxy) is 1. The van der Waals surface area contributed by atoms with Crippen LogP contribution >= 0.6 is 0 Å². The molecule has 0 aromatic heterocycles. The summed E-state index contributed by atoms with van der Waals surface area (Å²) in [6.45, 7) is 1.32. The van der Waals surface area contributed by atoms with Crippen molar-refractivity contribution in [1.29, 1.82) is 0 Å². The summed E-state index contributed by atoms with van der Waals surface area (Å²) in [5.41, 5.74) is 3.92. The van der Waals surface area contributed by atoms with E-state index in [0.717, 1.165) is 29.4 Å². The molecular weight excluding hydrogens is 874 g/mol. The van der Waals surface area contributed by atoms with Gasteiger partial charge in [0, 0.05) is 38.9 Å². The Morgan fingerprint density at radius 3 is 1.99 bits per heavy atom. The molecule has 0 unspecified atom stereocenters. The number of unbranched alkanes of at least 4 members (excludes halogenated alkanes) is 3. The van der Waals surface area contributed by atoms with Gasteiger partial charge >= 0.3 is 17.9 Å². The maximum atomic E-state index is 15.2. The van der Waals surface area contributed by atoms with E-state index in [2.05, 4.69) is 26.3 Å². The van der Waals surface area contributed by atoms with E-state index in [4.69, 9.17) is 14.8 Å². The average Bonchev–Trinajstić information content (AvgIpc) is 3.60. The lowest BCUT2D eigenvalue weighted by molar-refractivity contribution is -0.143. The molecule has 5 rings (SSSR count). The van der Waals surface area contributed by atoms with Crippen molar-refractivity contribution < 1.29 is 58.0 Å². The monoisotopic (exact) mass is 925 g/mol. The van der Waals surface area contributed by atoms with E-state index in [1.165, 1.54) is 16.7 Å². The number of imidazole rings is 1. The molecule has 67 heavy (non-hydrogen) atoms. The number of hydrogen-bond donors (Lipinski definition) is 8. The minimum Gasteiger partial charge on any atom is -0.491 e. The number of aromatic nitrogens is 3. The second-order valence-corrected chi connectivity index (χ2v) is 15.7. The fourth-order valence-electron chi connectivity index (χ4n) is 7.14. The highest BCUT2D eigenvalue weighted by molar-refractivity contribution is 5.96. The van der Waals surface area contributed by atoms with Crippen LogP contribution in [0.2, 0.25) is 0 Å². The zero-order valence-corrected chi connectivity index (χ0v) is 36.6. The van der Waals surface area contributed by atoms with Crippen molar-refractivity contribution in [2.45, 2.75) is 89.3 Å². The molecule has 4 amide bonds. The number of carboxylic acids is 3. The third kappa shape index (κ3) is 15.4. The third-order valence-corrected chi connectivity index (χ3v) is 10.4. The Balaban J connectivity index is 1.09. The van der Waals surface area contributed by atoms with E-state index in [1.54, 1.807) is 12.3 Å². The van der Waals surface area contributed by atoms with Crippen molar-refractivity contribution in [3.05, 3.63) is 124 Å². The van der Waals surface area contributed by atoms with Crippen molar-refractivity contribution in [2.24, 2.45) is 0 Å². The lowest BCUT2D eigenvalue weighted by Gasteiger charge is -2.24. The molecule has 0 saturated heterocycles. The number of amides is 4. The summed E-state index contributed by atoms with van der Waals surface area (Å²) in [6, 6.07) is 19.0. The van der Waals surface area contributed by atoms with Crippen LogP contribution in [0, 0.1) is 5.82 Å². The van der Waals surface area contributed by atoms with Crippen LogP contribution in [-0.4, -0.2) is 103 Å². The number of aliphatic carboxylic acids is 3. The van der Waals surface area contributed by atoms with Crippen LogP contribution in [0.1, 0.15) is 80.8 Å². The van der Waals surface area contributed by atoms with Gasteiger partial charge in [-0.25, -0.2) is 9.37 Å². The molecule has 0 fully saturated rings. The fraction of sp³-hybridized carbons (Fsp3) is 0.340. The van der Waals surface area contributed by atoms with Crippen molar-refractivity contribution in [1.82, 2.24) is 35.8 Å². The number of hydrogen-bond acceptors (Lipinski definition) is 10. The van der Waals surface area contributed by atoms with Gasteiger partial charge in [0.25, 0.3) is 5.56 Å². The molecule has 19 nitrogen and oxygen atoms in total. The maximum absolute atomic E-state index is 15.2. The van der Waals surface area contributed by atoms with Crippen molar-refractivity contribution in [2.75, 3.05) is 13.2 Å². The Morgan fingerprint density at radius 1 is 0.731 bits per heavy atom. The number of benzene rings is 3. The van der Waals surface area contributed by atoms with Crippen LogP contribution in [0.15, 0.2) is 89.9 Å². The third-order valence-electron chi connectivity index (χ3n) is 10.4. The summed E-state index contributed by atoms with van der Waals surface area (Å²) in [5.74, 6) is -8.20. The molecule has 20 heteroatoms. The number of rotatable bonds is 26. The summed E-state index contributed by atoms with van der Waals surface area (Å²) in [6.07, 6.45) is 1.71. The number of carboxylic acid groups (broad SMARTS) is 3. The Morgan fingerprint density at radius 2 is 1.36 bits per heavy atom. The molecule has 3 atom stereocenters. The van der Waals surface area contributed by atoms with Gasteiger partial charge in [-0.1, -0.05) is 79.6 Å². The number of H-pyrrole nitrogens is 1. The first-order chi connectivity index (χ1) is 32.1. The highest BCUT2D eigenvalue weighted by atomic mass is 19.1. The Labute approximate surface area is 383 Å². The zero-order chi connectivity index (χ0) is 48.5. The Kier molecular flexibility index (Phi) is 18.3. The van der Waals surface area contributed by atoms with Crippen LogP contribution in [0.5, 0.6) is 5.75 Å². The van der Waals surface area contributed by atoms with E-state index < -0.39 is 84.7 Å². The minimum atomic E-state index is -1.81. The molecule has 0 radical (unpaired) electrons. The molecule has 0 spiro atoms. The molecule has 3 aromatic rings. The number of halogens is 1. The molecule has 3 aromatic carbocycles. The smallest absolute Gasteiger partial charge is 0.305 e. The standard InChI is InChI=1S/C47H52FN7O12/c1-28(56)50-33(17-19-40(57)58)45(64)54-36(26-42(61)62)46(65)53-35(25-41(59)60)44(63)49-20-10-2-3-11-21-67-39-18-16-30(22-32(39)48)24-37-47(66)55-27-38(31-14-8-5-9-15-31)51-34(43(55)52-37)23-29-12-6-4-7-13-29/h4-9,12-16,18,22,27,33,35-36,51H,2-3,10-11,17,19-21,23-26H2,1H3,(H,49,63)(H,50,56)(H,53,65)(H,54,64)(H,57,58)(H,59,60)(H,61,62)/t33-,35-,36-/m0/s1. The SMILES string of the molecule is CC(=O)N[C@@H](CCC(=O)O)C(=O)N[C@@H](CC(=O)O)C(=O)N[C@@H](CC(=O)O)C(=O)NCCCCCCOc1ccc(Cc2nc3c(Cc4ccccc4)[nH]c(-c4ccccc4)cn-3c2=O)cc1F. The maximum Gasteiger partial charge on any atom is 0.305 e. The largest absolute Gasteiger partial charge is 0.491 e. The molecule has 0 aliphatic carbocycles. The fourth-order valence-corrected chi connectivity index (χ4v) is 7.14. The molecule has 354 valence electrons. The van der Waals surface area contributed by atoms with Crippen LogP contribution < -0.4 is 31.6 Å². The lowest BCUT2D eigenvalue weighted by atomic mass is 10.1. The number of aromatic amines is 1. The predicted molar refractivity (Wildman–Crippen MR) is 239 cm³/mol.